The number of hydrogen-bond donors (Lipinski definition) is 1. The van der Waals surface area contributed by atoms with Gasteiger partial charge in [0.15, 0.2) is 0 Å². The highest BCUT2D eigenvalue weighted by atomic mass is 35.5. The van der Waals surface area contributed by atoms with Gasteiger partial charge >= 0.3 is 6.18 Å². The number of benzene rings is 1. The van der Waals surface area contributed by atoms with Crippen molar-refractivity contribution in [1.82, 2.24) is 4.90 Å². The maximum Gasteiger partial charge on any atom is 0.417 e. The van der Waals surface area contributed by atoms with Crippen LogP contribution in [0.15, 0.2) is 18.2 Å². The quantitative estimate of drug-likeness (QED) is 0.850. The Balaban J connectivity index is 2.49. The molecule has 0 saturated carbocycles. The predicted molar refractivity (Wildman–Crippen MR) is 92.5 cm³/mol. The van der Waals surface area contributed by atoms with E-state index >= 15 is 0 Å². The smallest absolute Gasteiger partial charge is 0.368 e. The molecule has 8 heteroatoms. The van der Waals surface area contributed by atoms with Crippen molar-refractivity contribution in [3.05, 3.63) is 34.3 Å². The van der Waals surface area contributed by atoms with Crippen molar-refractivity contribution in [3.63, 3.8) is 0 Å². The Hall–Kier alpha value is -1.76. The van der Waals surface area contributed by atoms with Crippen LogP contribution in [0.25, 0.3) is 0 Å². The lowest BCUT2D eigenvalue weighted by Crippen LogP contribution is -2.58. The molecule has 0 spiro atoms. The van der Waals surface area contributed by atoms with Gasteiger partial charge in [0.25, 0.3) is 0 Å². The highest BCUT2D eigenvalue weighted by Gasteiger charge is 2.51. The lowest BCUT2D eigenvalue weighted by atomic mass is 9.85. The summed E-state index contributed by atoms with van der Waals surface area (Å²) in [6, 6.07) is 3.55. The number of halogens is 4. The number of hydrogen-bond acceptors (Lipinski definition) is 2. The third-order valence-electron chi connectivity index (χ3n) is 4.53. The van der Waals surface area contributed by atoms with Crippen LogP contribution >= 0.6 is 11.6 Å². The summed E-state index contributed by atoms with van der Waals surface area (Å²) in [7, 11) is 0. The van der Waals surface area contributed by atoms with Crippen LogP contribution in [0.2, 0.25) is 5.02 Å². The number of carbonyl (C=O) groups excluding carboxylic acids is 2. The van der Waals surface area contributed by atoms with Gasteiger partial charge in [0, 0.05) is 19.4 Å². The number of alkyl halides is 3. The summed E-state index contributed by atoms with van der Waals surface area (Å²) in [4.78, 5) is 26.1. The third kappa shape index (κ3) is 3.98. The van der Waals surface area contributed by atoms with Crippen molar-refractivity contribution in [1.29, 1.82) is 0 Å². The number of primary amides is 1. The Morgan fingerprint density at radius 2 is 1.92 bits per heavy atom. The highest BCUT2D eigenvalue weighted by molar-refractivity contribution is 6.32. The molecule has 4 nitrogen and oxygen atoms in total. The number of carbonyl (C=O) groups is 2. The van der Waals surface area contributed by atoms with E-state index in [1.54, 1.807) is 0 Å². The van der Waals surface area contributed by atoms with Gasteiger partial charge in [-0.25, -0.2) is 0 Å². The Bertz CT molecular complexity index is 728. The molecule has 0 radical (unpaired) electrons. The van der Waals surface area contributed by atoms with Gasteiger partial charge in [-0.2, -0.15) is 13.2 Å². The fourth-order valence-corrected chi connectivity index (χ4v) is 3.61. The summed E-state index contributed by atoms with van der Waals surface area (Å²) in [5.41, 5.74) is 3.12. The van der Waals surface area contributed by atoms with Crippen molar-refractivity contribution in [2.24, 2.45) is 11.1 Å². The van der Waals surface area contributed by atoms with Crippen LogP contribution in [0.1, 0.15) is 44.7 Å². The predicted octanol–water partition coefficient (Wildman–Crippen LogP) is 3.79. The fraction of sp³-hybridized carbons (Fsp3) is 0.556. The molecule has 0 aromatic heterocycles. The minimum absolute atomic E-state index is 0.121. The molecule has 1 aromatic carbocycles. The zero-order valence-corrected chi connectivity index (χ0v) is 15.7. The lowest BCUT2D eigenvalue weighted by Gasteiger charge is -2.39. The summed E-state index contributed by atoms with van der Waals surface area (Å²) >= 11 is 5.98. The fourth-order valence-electron chi connectivity index (χ4n) is 3.31. The molecule has 1 saturated heterocycles. The molecule has 2 amide bonds. The molecule has 1 heterocycles. The summed E-state index contributed by atoms with van der Waals surface area (Å²) < 4.78 is 39.4. The molecule has 0 bridgehead atoms. The van der Waals surface area contributed by atoms with Crippen LogP contribution in [0.4, 0.5) is 13.2 Å². The van der Waals surface area contributed by atoms with Crippen molar-refractivity contribution in [2.75, 3.05) is 6.54 Å². The summed E-state index contributed by atoms with van der Waals surface area (Å²) in [5, 5.41) is -0.462. The summed E-state index contributed by atoms with van der Waals surface area (Å²) in [5.74, 6) is -0.970. The first-order chi connectivity index (χ1) is 11.8. The molecule has 1 aliphatic heterocycles. The monoisotopic (exact) mass is 390 g/mol. The van der Waals surface area contributed by atoms with Crippen LogP contribution in [0, 0.1) is 5.41 Å². The van der Waals surface area contributed by atoms with E-state index in [1.165, 1.54) is 17.0 Å². The summed E-state index contributed by atoms with van der Waals surface area (Å²) in [6.45, 7) is 5.98. The Morgan fingerprint density at radius 1 is 1.31 bits per heavy atom. The molecule has 1 atom stereocenters. The Kier molecular flexibility index (Phi) is 5.34. The highest BCUT2D eigenvalue weighted by Crippen LogP contribution is 2.41. The second-order valence-electron chi connectivity index (χ2n) is 7.89. The first kappa shape index (κ1) is 20.6. The number of nitrogens with two attached hydrogens (primary N) is 1. The first-order valence-corrected chi connectivity index (χ1v) is 8.61. The van der Waals surface area contributed by atoms with Crippen molar-refractivity contribution in [3.8, 4) is 0 Å². The summed E-state index contributed by atoms with van der Waals surface area (Å²) in [6.07, 6.45) is -4.48. The molecule has 1 aliphatic rings. The van der Waals surface area contributed by atoms with E-state index in [2.05, 4.69) is 0 Å². The van der Waals surface area contributed by atoms with E-state index in [9.17, 15) is 22.8 Å². The van der Waals surface area contributed by atoms with Gasteiger partial charge in [0.1, 0.15) is 5.54 Å². The van der Waals surface area contributed by atoms with Crippen LogP contribution in [-0.2, 0) is 22.2 Å². The average molecular weight is 391 g/mol. The van der Waals surface area contributed by atoms with Crippen molar-refractivity contribution in [2.45, 2.75) is 51.7 Å². The van der Waals surface area contributed by atoms with Crippen molar-refractivity contribution >= 4 is 23.4 Å². The number of rotatable bonds is 4. The number of likely N-dealkylation sites (tertiary alicyclic amines) is 1. The SMILES string of the molecule is CC(C)(C)CN1C(=O)CC[C@@]1(Cc1cccc(C(F)(F)F)c1Cl)C(N)=O. The maximum absolute atomic E-state index is 13.1. The van der Waals surface area contributed by atoms with E-state index in [-0.39, 0.29) is 42.7 Å². The Morgan fingerprint density at radius 3 is 2.42 bits per heavy atom. The molecule has 2 rings (SSSR count). The zero-order valence-electron chi connectivity index (χ0n) is 14.9. The van der Waals surface area contributed by atoms with Gasteiger partial charge in [-0.1, -0.05) is 44.5 Å². The number of nitrogens with zero attached hydrogens (tertiary/aromatic N) is 1. The Labute approximate surface area is 155 Å². The van der Waals surface area contributed by atoms with Crippen LogP contribution in [-0.4, -0.2) is 28.8 Å². The first-order valence-electron chi connectivity index (χ1n) is 8.23. The largest absolute Gasteiger partial charge is 0.417 e. The molecule has 2 N–H and O–H groups in total. The molecule has 0 aliphatic carbocycles. The van der Waals surface area contributed by atoms with E-state index < -0.39 is 28.2 Å². The van der Waals surface area contributed by atoms with Crippen LogP contribution < -0.4 is 5.73 Å². The molecule has 1 aromatic rings. The second kappa shape index (κ2) is 6.76. The van der Waals surface area contributed by atoms with Gasteiger partial charge in [0.2, 0.25) is 11.8 Å². The minimum atomic E-state index is -4.61. The van der Waals surface area contributed by atoms with Crippen LogP contribution in [0.3, 0.4) is 0 Å². The van der Waals surface area contributed by atoms with E-state index in [1.807, 2.05) is 20.8 Å². The second-order valence-corrected chi connectivity index (χ2v) is 8.27. The van der Waals surface area contributed by atoms with Crippen molar-refractivity contribution < 1.29 is 22.8 Å². The normalized spacial score (nSPS) is 21.3. The third-order valence-corrected chi connectivity index (χ3v) is 4.97. The van der Waals surface area contributed by atoms with E-state index in [4.69, 9.17) is 17.3 Å². The molecule has 1 fully saturated rings. The standard InChI is InChI=1S/C18H22ClF3N2O2/c1-16(2,3)10-24-13(25)7-8-17(24,15(23)26)9-11-5-4-6-12(14(11)19)18(20,21)22/h4-6H,7-10H2,1-3H3,(H2,23,26)/t17-/m1/s1. The van der Waals surface area contributed by atoms with Gasteiger partial charge in [-0.15, -0.1) is 0 Å². The van der Waals surface area contributed by atoms with E-state index in [0.29, 0.717) is 0 Å². The maximum atomic E-state index is 13.1. The number of amides is 2. The lowest BCUT2D eigenvalue weighted by molar-refractivity contribution is -0.141. The zero-order chi connectivity index (χ0) is 19.9. The van der Waals surface area contributed by atoms with Gasteiger partial charge in [-0.3, -0.25) is 9.59 Å². The molecule has 144 valence electrons. The molecular formula is C18H22ClF3N2O2. The van der Waals surface area contributed by atoms with E-state index in [0.717, 1.165) is 6.07 Å². The van der Waals surface area contributed by atoms with Gasteiger partial charge < -0.3 is 10.6 Å². The molecular weight excluding hydrogens is 369 g/mol. The van der Waals surface area contributed by atoms with Crippen LogP contribution in [0.5, 0.6) is 0 Å². The minimum Gasteiger partial charge on any atom is -0.368 e. The van der Waals surface area contributed by atoms with Gasteiger partial charge in [0.05, 0.1) is 10.6 Å². The van der Waals surface area contributed by atoms with Gasteiger partial charge in [-0.05, 0) is 23.5 Å². The topological polar surface area (TPSA) is 63.4 Å². The average Bonchev–Trinajstić information content (AvgIpc) is 2.77. The molecule has 0 unspecified atom stereocenters. The molecule has 26 heavy (non-hydrogen) atoms.